The standard InChI is InChI=1S/C21H25N3O3S/c1-13(2)17-6-8-18(9-7-17)21-23-19(27-24-21)12-22-28(25,26)20-15(4)10-14(3)11-16(20)5/h6-11,13,22H,12H2,1-5H3. The number of rotatable bonds is 6. The Morgan fingerprint density at radius 2 is 1.64 bits per heavy atom. The van der Waals surface area contributed by atoms with Crippen molar-refractivity contribution in [2.45, 2.75) is 52.0 Å². The van der Waals surface area contributed by atoms with Gasteiger partial charge in [-0.15, -0.1) is 0 Å². The van der Waals surface area contributed by atoms with Crippen molar-refractivity contribution >= 4 is 10.0 Å². The summed E-state index contributed by atoms with van der Waals surface area (Å²) < 4.78 is 33.2. The highest BCUT2D eigenvalue weighted by Crippen LogP contribution is 2.23. The van der Waals surface area contributed by atoms with E-state index in [0.29, 0.717) is 27.8 Å². The Morgan fingerprint density at radius 3 is 2.21 bits per heavy atom. The largest absolute Gasteiger partial charge is 0.338 e. The van der Waals surface area contributed by atoms with E-state index in [1.807, 2.05) is 43.3 Å². The molecule has 0 radical (unpaired) electrons. The average molecular weight is 400 g/mol. The zero-order chi connectivity index (χ0) is 20.5. The molecule has 6 nitrogen and oxygen atoms in total. The Kier molecular flexibility index (Phi) is 5.67. The molecular formula is C21H25N3O3S. The van der Waals surface area contributed by atoms with Gasteiger partial charge in [0, 0.05) is 5.56 Å². The second-order valence-electron chi connectivity index (χ2n) is 7.34. The first-order valence-corrected chi connectivity index (χ1v) is 10.7. The molecule has 3 aromatic rings. The molecule has 0 fully saturated rings. The van der Waals surface area contributed by atoms with Crippen LogP contribution in [-0.2, 0) is 16.6 Å². The Bertz CT molecular complexity index is 1060. The van der Waals surface area contributed by atoms with Gasteiger partial charge in [0.15, 0.2) is 0 Å². The number of nitrogens with zero attached hydrogens (tertiary/aromatic N) is 2. The van der Waals surface area contributed by atoms with Gasteiger partial charge in [0.05, 0.1) is 11.4 Å². The fourth-order valence-electron chi connectivity index (χ4n) is 3.28. The first kappa shape index (κ1) is 20.2. The van der Waals surface area contributed by atoms with Gasteiger partial charge in [0.2, 0.25) is 21.7 Å². The molecule has 0 saturated carbocycles. The molecule has 1 N–H and O–H groups in total. The van der Waals surface area contributed by atoms with Crippen molar-refractivity contribution in [2.24, 2.45) is 0 Å². The fraction of sp³-hybridized carbons (Fsp3) is 0.333. The predicted octanol–water partition coefficient (Wildman–Crippen LogP) is 4.26. The second-order valence-corrected chi connectivity index (χ2v) is 9.04. The molecule has 0 spiro atoms. The topological polar surface area (TPSA) is 85.1 Å². The summed E-state index contributed by atoms with van der Waals surface area (Å²) in [7, 11) is -3.68. The van der Waals surface area contributed by atoms with E-state index in [9.17, 15) is 8.42 Å². The van der Waals surface area contributed by atoms with Gasteiger partial charge in [0.1, 0.15) is 0 Å². The molecule has 0 bridgehead atoms. The summed E-state index contributed by atoms with van der Waals surface area (Å²) in [5.74, 6) is 1.10. The zero-order valence-corrected chi connectivity index (χ0v) is 17.6. The summed E-state index contributed by atoms with van der Waals surface area (Å²) in [6.45, 7) is 9.72. The van der Waals surface area contributed by atoms with Gasteiger partial charge < -0.3 is 4.52 Å². The number of hydrogen-bond acceptors (Lipinski definition) is 5. The first-order chi connectivity index (χ1) is 13.2. The Balaban J connectivity index is 1.75. The van der Waals surface area contributed by atoms with Gasteiger partial charge >= 0.3 is 0 Å². The van der Waals surface area contributed by atoms with Gasteiger partial charge in [-0.2, -0.15) is 4.98 Å². The van der Waals surface area contributed by atoms with Crippen molar-refractivity contribution < 1.29 is 12.9 Å². The van der Waals surface area contributed by atoms with Crippen LogP contribution in [0.2, 0.25) is 0 Å². The van der Waals surface area contributed by atoms with Crippen LogP contribution in [0.5, 0.6) is 0 Å². The molecule has 0 saturated heterocycles. The maximum atomic E-state index is 12.7. The second kappa shape index (κ2) is 7.85. The lowest BCUT2D eigenvalue weighted by atomic mass is 10.0. The van der Waals surface area contributed by atoms with Crippen molar-refractivity contribution in [3.8, 4) is 11.4 Å². The number of hydrogen-bond donors (Lipinski definition) is 1. The van der Waals surface area contributed by atoms with Crippen LogP contribution in [0.25, 0.3) is 11.4 Å². The lowest BCUT2D eigenvalue weighted by molar-refractivity contribution is 0.376. The van der Waals surface area contributed by atoms with E-state index in [1.54, 1.807) is 13.8 Å². The number of benzene rings is 2. The number of aromatic nitrogens is 2. The van der Waals surface area contributed by atoms with Gasteiger partial charge in [0.25, 0.3) is 0 Å². The third-order valence-electron chi connectivity index (χ3n) is 4.59. The summed E-state index contributed by atoms with van der Waals surface area (Å²) in [5.41, 5.74) is 4.50. The molecule has 0 unspecified atom stereocenters. The molecule has 0 aliphatic carbocycles. The van der Waals surface area contributed by atoms with Gasteiger partial charge in [-0.25, -0.2) is 13.1 Å². The van der Waals surface area contributed by atoms with E-state index < -0.39 is 10.0 Å². The minimum atomic E-state index is -3.68. The van der Waals surface area contributed by atoms with Gasteiger partial charge in [-0.05, 0) is 43.4 Å². The molecule has 0 aliphatic rings. The van der Waals surface area contributed by atoms with E-state index in [0.717, 1.165) is 11.1 Å². The van der Waals surface area contributed by atoms with E-state index in [4.69, 9.17) is 4.52 Å². The third kappa shape index (κ3) is 4.31. The molecular weight excluding hydrogens is 374 g/mol. The molecule has 0 amide bonds. The molecule has 3 rings (SSSR count). The highest BCUT2D eigenvalue weighted by molar-refractivity contribution is 7.89. The summed E-state index contributed by atoms with van der Waals surface area (Å²) in [4.78, 5) is 4.60. The summed E-state index contributed by atoms with van der Waals surface area (Å²) in [6.07, 6.45) is 0. The van der Waals surface area contributed by atoms with Crippen LogP contribution in [0, 0.1) is 20.8 Å². The third-order valence-corrected chi connectivity index (χ3v) is 6.30. The summed E-state index contributed by atoms with van der Waals surface area (Å²) in [5, 5.41) is 3.96. The Labute approximate surface area is 166 Å². The average Bonchev–Trinajstić information content (AvgIpc) is 3.08. The molecule has 7 heteroatoms. The van der Waals surface area contributed by atoms with Crippen molar-refractivity contribution in [3.63, 3.8) is 0 Å². The molecule has 1 heterocycles. The quantitative estimate of drug-likeness (QED) is 0.669. The SMILES string of the molecule is Cc1cc(C)c(S(=O)(=O)NCc2nc(-c3ccc(C(C)C)cc3)no2)c(C)c1. The monoisotopic (exact) mass is 399 g/mol. The van der Waals surface area contributed by atoms with Crippen LogP contribution in [0.3, 0.4) is 0 Å². The Hall–Kier alpha value is -2.51. The number of aryl methyl sites for hydroxylation is 3. The van der Waals surface area contributed by atoms with E-state index in [2.05, 4.69) is 28.7 Å². The van der Waals surface area contributed by atoms with Crippen molar-refractivity contribution in [1.29, 1.82) is 0 Å². The van der Waals surface area contributed by atoms with Crippen LogP contribution < -0.4 is 4.72 Å². The maximum absolute atomic E-state index is 12.7. The van der Waals surface area contributed by atoms with E-state index in [1.165, 1.54) is 5.56 Å². The van der Waals surface area contributed by atoms with Crippen LogP contribution in [-0.4, -0.2) is 18.6 Å². The first-order valence-electron chi connectivity index (χ1n) is 9.18. The Morgan fingerprint density at radius 1 is 1.04 bits per heavy atom. The summed E-state index contributed by atoms with van der Waals surface area (Å²) >= 11 is 0. The minimum Gasteiger partial charge on any atom is -0.338 e. The molecule has 0 atom stereocenters. The van der Waals surface area contributed by atoms with E-state index >= 15 is 0 Å². The van der Waals surface area contributed by atoms with Crippen molar-refractivity contribution in [1.82, 2.24) is 14.9 Å². The molecule has 2 aromatic carbocycles. The van der Waals surface area contributed by atoms with Crippen LogP contribution >= 0.6 is 0 Å². The molecule has 148 valence electrons. The van der Waals surface area contributed by atoms with Gasteiger partial charge in [-0.3, -0.25) is 0 Å². The van der Waals surface area contributed by atoms with Crippen LogP contribution in [0.15, 0.2) is 45.8 Å². The molecule has 1 aromatic heterocycles. The lowest BCUT2D eigenvalue weighted by Crippen LogP contribution is -2.25. The number of sulfonamides is 1. The van der Waals surface area contributed by atoms with E-state index in [-0.39, 0.29) is 12.4 Å². The predicted molar refractivity (Wildman–Crippen MR) is 109 cm³/mol. The number of nitrogens with one attached hydrogen (secondary N) is 1. The molecule has 0 aliphatic heterocycles. The normalized spacial score (nSPS) is 11.9. The fourth-order valence-corrected chi connectivity index (χ4v) is 4.70. The minimum absolute atomic E-state index is 0.0633. The lowest BCUT2D eigenvalue weighted by Gasteiger charge is -2.12. The maximum Gasteiger partial charge on any atom is 0.242 e. The smallest absolute Gasteiger partial charge is 0.242 e. The zero-order valence-electron chi connectivity index (χ0n) is 16.8. The highest BCUT2D eigenvalue weighted by atomic mass is 32.2. The highest BCUT2D eigenvalue weighted by Gasteiger charge is 2.21. The van der Waals surface area contributed by atoms with Crippen LogP contribution in [0.4, 0.5) is 0 Å². The van der Waals surface area contributed by atoms with Crippen molar-refractivity contribution in [2.75, 3.05) is 0 Å². The van der Waals surface area contributed by atoms with Crippen LogP contribution in [0.1, 0.15) is 47.9 Å². The van der Waals surface area contributed by atoms with Gasteiger partial charge in [-0.1, -0.05) is 61.0 Å². The van der Waals surface area contributed by atoms with Crippen molar-refractivity contribution in [3.05, 3.63) is 64.5 Å². The molecule has 28 heavy (non-hydrogen) atoms. The summed E-state index contributed by atoms with van der Waals surface area (Å²) in [6, 6.07) is 11.6.